The molecule has 0 aromatic heterocycles. The number of hydrogen-bond donors (Lipinski definition) is 2. The number of likely N-dealkylation sites (tertiary alicyclic amines) is 1. The van der Waals surface area contributed by atoms with Crippen LogP contribution in [-0.2, 0) is 27.6 Å². The number of piperidine rings is 1. The molecule has 3 aliphatic rings. The molecular formula is C26H31N3O6S. The van der Waals surface area contributed by atoms with Gasteiger partial charge in [0.15, 0.2) is 6.23 Å². The second-order valence-corrected chi connectivity index (χ2v) is 11.2. The van der Waals surface area contributed by atoms with Gasteiger partial charge in [0, 0.05) is 30.3 Å². The second-order valence-electron chi connectivity index (χ2n) is 9.50. The summed E-state index contributed by atoms with van der Waals surface area (Å²) in [5, 5.41) is 11.0. The van der Waals surface area contributed by atoms with E-state index in [1.54, 1.807) is 42.2 Å². The predicted molar refractivity (Wildman–Crippen MR) is 133 cm³/mol. The summed E-state index contributed by atoms with van der Waals surface area (Å²) < 4.78 is 34.8. The van der Waals surface area contributed by atoms with Crippen LogP contribution in [0.5, 0.6) is 0 Å². The molecule has 0 saturated carbocycles. The van der Waals surface area contributed by atoms with E-state index in [0.29, 0.717) is 55.8 Å². The summed E-state index contributed by atoms with van der Waals surface area (Å²) in [5.41, 5.74) is 3.22. The van der Waals surface area contributed by atoms with Crippen molar-refractivity contribution in [1.29, 1.82) is 0 Å². The van der Waals surface area contributed by atoms with Gasteiger partial charge in [-0.1, -0.05) is 18.2 Å². The molecule has 36 heavy (non-hydrogen) atoms. The molecule has 192 valence electrons. The van der Waals surface area contributed by atoms with Crippen LogP contribution in [0.1, 0.15) is 65.9 Å². The summed E-state index contributed by atoms with van der Waals surface area (Å²) in [6, 6.07) is 9.82. The van der Waals surface area contributed by atoms with Crippen molar-refractivity contribution >= 4 is 27.7 Å². The highest BCUT2D eigenvalue weighted by molar-refractivity contribution is 7.89. The van der Waals surface area contributed by atoms with Crippen molar-refractivity contribution in [2.45, 2.75) is 62.6 Å². The quantitative estimate of drug-likeness (QED) is 0.635. The zero-order chi connectivity index (χ0) is 25.4. The number of hydrogen-bond acceptors (Lipinski definition) is 6. The van der Waals surface area contributed by atoms with E-state index in [0.717, 1.165) is 30.4 Å². The largest absolute Gasteiger partial charge is 0.450 e. The number of sulfonamides is 1. The molecule has 9 nitrogen and oxygen atoms in total. The zero-order valence-corrected chi connectivity index (χ0v) is 21.1. The van der Waals surface area contributed by atoms with E-state index in [2.05, 4.69) is 4.72 Å². The third-order valence-corrected chi connectivity index (χ3v) is 8.76. The van der Waals surface area contributed by atoms with Gasteiger partial charge in [-0.25, -0.2) is 17.9 Å². The number of aliphatic hydroxyl groups excluding tert-OH is 1. The number of aliphatic hydroxyl groups is 1. The van der Waals surface area contributed by atoms with E-state index in [1.165, 1.54) is 11.0 Å². The van der Waals surface area contributed by atoms with Gasteiger partial charge in [-0.3, -0.25) is 9.69 Å². The van der Waals surface area contributed by atoms with Gasteiger partial charge in [0.1, 0.15) is 0 Å². The van der Waals surface area contributed by atoms with Gasteiger partial charge in [0.05, 0.1) is 17.2 Å². The van der Waals surface area contributed by atoms with Gasteiger partial charge in [0.25, 0.3) is 5.91 Å². The van der Waals surface area contributed by atoms with Crippen molar-refractivity contribution in [1.82, 2.24) is 9.62 Å². The minimum Gasteiger partial charge on any atom is -0.450 e. The molecule has 1 fully saturated rings. The molecule has 2 heterocycles. The van der Waals surface area contributed by atoms with Gasteiger partial charge in [-0.2, -0.15) is 0 Å². The standard InChI is InChI=1S/C26H31N3O6S/c1-2-35-26(32)28-13-11-18(12-14-28)27-36(33,34)19-15-17-7-3-4-8-20(17)23(16-19)29-24(30)21-9-5-6-10-22(21)25(29)31/h5-6,9-10,15-16,18,24,27,30H,2-4,7-8,11-14H2,1H3. The number of ether oxygens (including phenoxy) is 1. The topological polar surface area (TPSA) is 116 Å². The van der Waals surface area contributed by atoms with Crippen LogP contribution in [0.3, 0.4) is 0 Å². The maximum absolute atomic E-state index is 13.5. The normalized spacial score (nSPS) is 20.3. The van der Waals surface area contributed by atoms with Crippen LogP contribution >= 0.6 is 0 Å². The molecule has 2 aromatic rings. The molecule has 1 atom stereocenters. The lowest BCUT2D eigenvalue weighted by Crippen LogP contribution is -2.46. The highest BCUT2D eigenvalue weighted by Gasteiger charge is 2.39. The fraction of sp³-hybridized carbons (Fsp3) is 0.462. The first kappa shape index (κ1) is 24.7. The van der Waals surface area contributed by atoms with Crippen LogP contribution in [0.2, 0.25) is 0 Å². The molecule has 0 radical (unpaired) electrons. The number of rotatable bonds is 5. The minimum atomic E-state index is -3.90. The Bertz CT molecular complexity index is 1290. The van der Waals surface area contributed by atoms with E-state index in [-0.39, 0.29) is 22.9 Å². The molecule has 0 spiro atoms. The van der Waals surface area contributed by atoms with Gasteiger partial charge < -0.3 is 14.7 Å². The molecule has 2 N–H and O–H groups in total. The lowest BCUT2D eigenvalue weighted by Gasteiger charge is -2.32. The minimum absolute atomic E-state index is 0.0851. The van der Waals surface area contributed by atoms with E-state index >= 15 is 0 Å². The summed E-state index contributed by atoms with van der Waals surface area (Å²) in [6.45, 7) is 2.87. The number of amides is 2. The Morgan fingerprint density at radius 2 is 1.86 bits per heavy atom. The molecule has 2 aliphatic heterocycles. The smallest absolute Gasteiger partial charge is 0.409 e. The van der Waals surface area contributed by atoms with Gasteiger partial charge in [-0.05, 0) is 74.8 Å². The van der Waals surface area contributed by atoms with Crippen LogP contribution < -0.4 is 9.62 Å². The van der Waals surface area contributed by atoms with Gasteiger partial charge >= 0.3 is 6.09 Å². The summed E-state index contributed by atoms with van der Waals surface area (Å²) in [5.74, 6) is -0.334. The number of nitrogens with zero attached hydrogens (tertiary/aromatic N) is 2. The number of carbonyl (C=O) groups is 2. The number of benzene rings is 2. The fourth-order valence-electron chi connectivity index (χ4n) is 5.41. The molecule has 1 unspecified atom stereocenters. The maximum Gasteiger partial charge on any atom is 0.409 e. The first-order valence-electron chi connectivity index (χ1n) is 12.5. The highest BCUT2D eigenvalue weighted by Crippen LogP contribution is 2.41. The van der Waals surface area contributed by atoms with E-state index in [1.807, 2.05) is 0 Å². The lowest BCUT2D eigenvalue weighted by atomic mass is 9.90. The number of nitrogens with one attached hydrogen (secondary N) is 1. The van der Waals surface area contributed by atoms with Crippen molar-refractivity contribution in [3.05, 3.63) is 58.7 Å². The first-order valence-corrected chi connectivity index (χ1v) is 14.0. The number of fused-ring (bicyclic) bond motifs is 2. The monoisotopic (exact) mass is 513 g/mol. The van der Waals surface area contributed by atoms with E-state index < -0.39 is 16.3 Å². The molecule has 2 amide bonds. The van der Waals surface area contributed by atoms with Crippen molar-refractivity contribution in [2.75, 3.05) is 24.6 Å². The van der Waals surface area contributed by atoms with E-state index in [9.17, 15) is 23.1 Å². The van der Waals surface area contributed by atoms with Crippen molar-refractivity contribution in [2.24, 2.45) is 0 Å². The molecule has 5 rings (SSSR count). The third kappa shape index (κ3) is 4.49. The molecule has 10 heteroatoms. The van der Waals surface area contributed by atoms with Crippen LogP contribution in [0.25, 0.3) is 0 Å². The van der Waals surface area contributed by atoms with Crippen molar-refractivity contribution in [3.8, 4) is 0 Å². The molecule has 1 aliphatic carbocycles. The Hall–Kier alpha value is -2.95. The first-order chi connectivity index (χ1) is 17.3. The zero-order valence-electron chi connectivity index (χ0n) is 20.3. The number of aryl methyl sites for hydroxylation is 1. The SMILES string of the molecule is CCOC(=O)N1CCC(NS(=O)(=O)c2cc3c(c(N4C(=O)c5ccccc5C4O)c2)CCCC3)CC1. The molecule has 0 bridgehead atoms. The van der Waals surface area contributed by atoms with Crippen LogP contribution in [0.15, 0.2) is 41.3 Å². The van der Waals surface area contributed by atoms with E-state index in [4.69, 9.17) is 4.74 Å². The molecular weight excluding hydrogens is 482 g/mol. The maximum atomic E-state index is 13.5. The van der Waals surface area contributed by atoms with Crippen molar-refractivity contribution < 1.29 is 27.9 Å². The van der Waals surface area contributed by atoms with Crippen LogP contribution in [0, 0.1) is 0 Å². The Morgan fingerprint density at radius 3 is 2.58 bits per heavy atom. The van der Waals surface area contributed by atoms with Gasteiger partial charge in [0.2, 0.25) is 10.0 Å². The average molecular weight is 514 g/mol. The van der Waals surface area contributed by atoms with Crippen LogP contribution in [-0.4, -0.2) is 56.2 Å². The second kappa shape index (κ2) is 9.84. The highest BCUT2D eigenvalue weighted by atomic mass is 32.2. The molecule has 1 saturated heterocycles. The Morgan fingerprint density at radius 1 is 1.14 bits per heavy atom. The number of carbonyl (C=O) groups excluding carboxylic acids is 2. The summed E-state index contributed by atoms with van der Waals surface area (Å²) >= 11 is 0. The summed E-state index contributed by atoms with van der Waals surface area (Å²) in [7, 11) is -3.90. The lowest BCUT2D eigenvalue weighted by molar-refractivity contribution is 0.0932. The van der Waals surface area contributed by atoms with Gasteiger partial charge in [-0.15, -0.1) is 0 Å². The molecule has 2 aromatic carbocycles. The Kier molecular flexibility index (Phi) is 6.76. The third-order valence-electron chi connectivity index (χ3n) is 7.26. The summed E-state index contributed by atoms with van der Waals surface area (Å²) in [4.78, 5) is 28.2. The average Bonchev–Trinajstić information content (AvgIpc) is 3.13. The van der Waals surface area contributed by atoms with Crippen LogP contribution in [0.4, 0.5) is 10.5 Å². The Balaban J connectivity index is 1.43. The van der Waals surface area contributed by atoms with Crippen molar-refractivity contribution in [3.63, 3.8) is 0 Å². The summed E-state index contributed by atoms with van der Waals surface area (Å²) in [6.07, 6.45) is 2.72. The fourth-order valence-corrected chi connectivity index (χ4v) is 6.78. The predicted octanol–water partition coefficient (Wildman–Crippen LogP) is 3.12. The number of anilines is 1. The Labute approximate surface area is 211 Å².